The van der Waals surface area contributed by atoms with Crippen LogP contribution in [0.1, 0.15) is 28.1 Å². The molecule has 2 aromatic carbocycles. The Morgan fingerprint density at radius 3 is 1.91 bits per heavy atom. The smallest absolute Gasteiger partial charge is 0.416 e. The van der Waals surface area contributed by atoms with Crippen LogP contribution in [0.5, 0.6) is 5.75 Å². The molecular weight excluding hydrogens is 417 g/mol. The lowest BCUT2D eigenvalue weighted by Crippen LogP contribution is -2.05. The molecule has 166 valence electrons. The van der Waals surface area contributed by atoms with E-state index in [-0.39, 0.29) is 0 Å². The molecule has 0 atom stereocenters. The van der Waals surface area contributed by atoms with Crippen LogP contribution in [0.25, 0.3) is 11.6 Å². The minimum Gasteiger partial charge on any atom is -0.497 e. The van der Waals surface area contributed by atoms with Crippen molar-refractivity contribution in [1.29, 1.82) is 0 Å². The van der Waals surface area contributed by atoms with Crippen LogP contribution in [0.3, 0.4) is 0 Å². The average Bonchev–Trinajstić information content (AvgIpc) is 3.45. The Labute approximate surface area is 183 Å². The van der Waals surface area contributed by atoms with E-state index in [0.29, 0.717) is 30.1 Å². The molecule has 4 aromatic rings. The molecule has 0 saturated heterocycles. The van der Waals surface area contributed by atoms with Crippen molar-refractivity contribution in [2.45, 2.75) is 31.9 Å². The first-order chi connectivity index (χ1) is 15.4. The van der Waals surface area contributed by atoms with Crippen molar-refractivity contribution in [2.24, 2.45) is 0 Å². The van der Waals surface area contributed by atoms with Crippen molar-refractivity contribution in [3.63, 3.8) is 0 Å². The van der Waals surface area contributed by atoms with Crippen molar-refractivity contribution in [3.8, 4) is 17.4 Å². The number of aromatic nitrogens is 4. The SMILES string of the molecule is COc1cccc(CCc2cnc(-c3ncc(CCc4cccc(C(F)(F)F)c4)[nH]3)[nH]2)c1. The normalized spacial score (nSPS) is 11.6. The van der Waals surface area contributed by atoms with E-state index in [1.54, 1.807) is 25.6 Å². The predicted octanol–water partition coefficient (Wildman–Crippen LogP) is 5.40. The lowest BCUT2D eigenvalue weighted by Gasteiger charge is -2.08. The number of methoxy groups -OCH3 is 1. The number of hydrogen-bond acceptors (Lipinski definition) is 3. The zero-order valence-electron chi connectivity index (χ0n) is 17.5. The van der Waals surface area contributed by atoms with Crippen LogP contribution in [-0.4, -0.2) is 27.0 Å². The molecule has 4 rings (SSSR count). The highest BCUT2D eigenvalue weighted by Gasteiger charge is 2.30. The lowest BCUT2D eigenvalue weighted by molar-refractivity contribution is -0.137. The van der Waals surface area contributed by atoms with Gasteiger partial charge in [0, 0.05) is 23.8 Å². The summed E-state index contributed by atoms with van der Waals surface area (Å²) in [6.45, 7) is 0. The fraction of sp³-hybridized carbons (Fsp3) is 0.250. The molecule has 5 nitrogen and oxygen atoms in total. The maximum absolute atomic E-state index is 12.9. The average molecular weight is 440 g/mol. The minimum atomic E-state index is -4.33. The second kappa shape index (κ2) is 9.30. The highest BCUT2D eigenvalue weighted by Crippen LogP contribution is 2.29. The monoisotopic (exact) mass is 440 g/mol. The summed E-state index contributed by atoms with van der Waals surface area (Å²) in [5, 5.41) is 0. The molecule has 0 aliphatic rings. The number of imidazole rings is 2. The Kier molecular flexibility index (Phi) is 6.30. The zero-order valence-corrected chi connectivity index (χ0v) is 17.5. The van der Waals surface area contributed by atoms with Crippen molar-refractivity contribution in [1.82, 2.24) is 19.9 Å². The molecule has 0 bridgehead atoms. The molecule has 0 unspecified atom stereocenters. The van der Waals surface area contributed by atoms with Crippen molar-refractivity contribution >= 4 is 0 Å². The van der Waals surface area contributed by atoms with Gasteiger partial charge in [0.1, 0.15) is 5.75 Å². The number of ether oxygens (including phenoxy) is 1. The summed E-state index contributed by atoms with van der Waals surface area (Å²) < 4.78 is 43.9. The lowest BCUT2D eigenvalue weighted by atomic mass is 10.1. The maximum atomic E-state index is 12.9. The predicted molar refractivity (Wildman–Crippen MR) is 115 cm³/mol. The zero-order chi connectivity index (χ0) is 22.6. The number of rotatable bonds is 8. The third kappa shape index (κ3) is 5.38. The number of benzene rings is 2. The van der Waals surface area contributed by atoms with Crippen LogP contribution >= 0.6 is 0 Å². The Hall–Kier alpha value is -3.55. The van der Waals surface area contributed by atoms with Crippen LogP contribution in [0.15, 0.2) is 60.9 Å². The molecule has 2 heterocycles. The largest absolute Gasteiger partial charge is 0.497 e. The number of nitrogens with zero attached hydrogens (tertiary/aromatic N) is 2. The fourth-order valence-electron chi connectivity index (χ4n) is 3.50. The first-order valence-electron chi connectivity index (χ1n) is 10.3. The van der Waals surface area contributed by atoms with E-state index in [1.807, 2.05) is 18.2 Å². The molecule has 8 heteroatoms. The second-order valence-corrected chi connectivity index (χ2v) is 7.56. The third-order valence-corrected chi connectivity index (χ3v) is 5.24. The molecule has 0 radical (unpaired) electrons. The molecule has 0 fully saturated rings. The molecule has 0 aliphatic carbocycles. The van der Waals surface area contributed by atoms with Gasteiger partial charge in [0.25, 0.3) is 0 Å². The first kappa shape index (κ1) is 21.7. The highest BCUT2D eigenvalue weighted by atomic mass is 19.4. The quantitative estimate of drug-likeness (QED) is 0.386. The van der Waals surface area contributed by atoms with Gasteiger partial charge < -0.3 is 14.7 Å². The van der Waals surface area contributed by atoms with Gasteiger partial charge >= 0.3 is 6.18 Å². The van der Waals surface area contributed by atoms with Gasteiger partial charge in [-0.15, -0.1) is 0 Å². The van der Waals surface area contributed by atoms with Crippen LogP contribution in [0.2, 0.25) is 0 Å². The number of nitrogens with one attached hydrogen (secondary N) is 2. The van der Waals surface area contributed by atoms with E-state index >= 15 is 0 Å². The van der Waals surface area contributed by atoms with Gasteiger partial charge in [-0.2, -0.15) is 13.2 Å². The molecular formula is C24H23F3N4O. The van der Waals surface area contributed by atoms with E-state index in [4.69, 9.17) is 4.74 Å². The van der Waals surface area contributed by atoms with E-state index in [9.17, 15) is 13.2 Å². The van der Waals surface area contributed by atoms with Crippen LogP contribution in [0, 0.1) is 0 Å². The number of aryl methyl sites for hydroxylation is 4. The van der Waals surface area contributed by atoms with Crippen LogP contribution < -0.4 is 4.74 Å². The Morgan fingerprint density at radius 2 is 1.34 bits per heavy atom. The summed E-state index contributed by atoms with van der Waals surface area (Å²) in [6.07, 6.45) is 1.83. The first-order valence-corrected chi connectivity index (χ1v) is 10.3. The summed E-state index contributed by atoms with van der Waals surface area (Å²) in [6, 6.07) is 13.4. The summed E-state index contributed by atoms with van der Waals surface area (Å²) in [5.74, 6) is 2.08. The van der Waals surface area contributed by atoms with Crippen molar-refractivity contribution in [2.75, 3.05) is 7.11 Å². The Bertz CT molecular complexity index is 1180. The van der Waals surface area contributed by atoms with Crippen molar-refractivity contribution in [3.05, 3.63) is 89.0 Å². The van der Waals surface area contributed by atoms with Gasteiger partial charge in [-0.3, -0.25) is 0 Å². The second-order valence-electron chi connectivity index (χ2n) is 7.56. The number of aromatic amines is 2. The Morgan fingerprint density at radius 1 is 0.781 bits per heavy atom. The Balaban J connectivity index is 1.35. The van der Waals surface area contributed by atoms with Gasteiger partial charge in [0.05, 0.1) is 12.7 Å². The van der Waals surface area contributed by atoms with E-state index in [2.05, 4.69) is 26.0 Å². The summed E-state index contributed by atoms with van der Waals surface area (Å²) in [4.78, 5) is 15.2. The van der Waals surface area contributed by atoms with Crippen molar-refractivity contribution < 1.29 is 17.9 Å². The van der Waals surface area contributed by atoms with Gasteiger partial charge in [-0.25, -0.2) is 9.97 Å². The van der Waals surface area contributed by atoms with E-state index in [1.165, 1.54) is 17.7 Å². The number of hydrogen-bond donors (Lipinski definition) is 2. The summed E-state index contributed by atoms with van der Waals surface area (Å²) in [7, 11) is 1.65. The highest BCUT2D eigenvalue weighted by molar-refractivity contribution is 5.44. The fourth-order valence-corrected chi connectivity index (χ4v) is 3.50. The van der Waals surface area contributed by atoms with Gasteiger partial charge in [-0.05, 0) is 55.0 Å². The van der Waals surface area contributed by atoms with Crippen LogP contribution in [0.4, 0.5) is 13.2 Å². The van der Waals surface area contributed by atoms with Crippen LogP contribution in [-0.2, 0) is 31.9 Å². The van der Waals surface area contributed by atoms with Gasteiger partial charge in [0.15, 0.2) is 11.6 Å². The van der Waals surface area contributed by atoms with Gasteiger partial charge in [0.2, 0.25) is 0 Å². The van der Waals surface area contributed by atoms with E-state index < -0.39 is 11.7 Å². The molecule has 0 aliphatic heterocycles. The topological polar surface area (TPSA) is 66.6 Å². The maximum Gasteiger partial charge on any atom is 0.416 e. The molecule has 32 heavy (non-hydrogen) atoms. The number of H-pyrrole nitrogens is 2. The third-order valence-electron chi connectivity index (χ3n) is 5.24. The molecule has 0 saturated carbocycles. The molecule has 0 amide bonds. The number of alkyl halides is 3. The molecule has 0 spiro atoms. The molecule has 2 aromatic heterocycles. The summed E-state index contributed by atoms with van der Waals surface area (Å²) in [5.41, 5.74) is 3.01. The summed E-state index contributed by atoms with van der Waals surface area (Å²) >= 11 is 0. The van der Waals surface area contributed by atoms with E-state index in [0.717, 1.165) is 36.0 Å². The standard InChI is InChI=1S/C24H23F3N4O/c1-32-21-7-3-5-17(13-21)9-11-20-15-29-23(31-20)22-28-14-19(30-22)10-8-16-4-2-6-18(12-16)24(25,26)27/h2-7,12-15H,8-11H2,1H3,(H,28,30)(H,29,31). The molecule has 2 N–H and O–H groups in total. The van der Waals surface area contributed by atoms with Gasteiger partial charge in [-0.1, -0.05) is 30.3 Å². The minimum absolute atomic E-state index is 0.482. The number of halogens is 3.